The second kappa shape index (κ2) is 14.6. The third-order valence-electron chi connectivity index (χ3n) is 6.30. The summed E-state index contributed by atoms with van der Waals surface area (Å²) in [4.78, 5) is 33.8. The smallest absolute Gasteiger partial charge is 0.416 e. The quantitative estimate of drug-likeness (QED) is 0.252. The van der Waals surface area contributed by atoms with Crippen molar-refractivity contribution < 1.29 is 42.2 Å². The Hall–Kier alpha value is -4.28. The lowest BCUT2D eigenvalue weighted by atomic mass is 9.77. The van der Waals surface area contributed by atoms with Gasteiger partial charge in [-0.3, -0.25) is 19.4 Å². The van der Waals surface area contributed by atoms with E-state index < -0.39 is 17.6 Å². The van der Waals surface area contributed by atoms with Gasteiger partial charge in [-0.2, -0.15) is 13.2 Å². The molecule has 1 amide bonds. The molecular weight excluding hydrogens is 520 g/mol. The van der Waals surface area contributed by atoms with Crippen LogP contribution in [-0.4, -0.2) is 34.0 Å². The van der Waals surface area contributed by atoms with Crippen molar-refractivity contribution in [3.8, 4) is 11.1 Å². The van der Waals surface area contributed by atoms with Crippen LogP contribution in [0.2, 0.25) is 0 Å². The summed E-state index contributed by atoms with van der Waals surface area (Å²) >= 11 is 0. The standard InChI is InChI=1S/C26H24F4N2O.2CH2O2/c1-16-22(6-3-13-31-16)18-9-7-17(8-10-18)19-4-2-5-20(14-19)25(33)32-24-12-11-21(15-23(24)27)26(28,29)30;2*2-1-3/h3,6-13,15,19-20H,2,4-5,14H2,1H3,(H,32,33);2*1H,(H,2,3). The lowest BCUT2D eigenvalue weighted by Gasteiger charge is -2.29. The molecule has 3 N–H and O–H groups in total. The van der Waals surface area contributed by atoms with Gasteiger partial charge in [0.1, 0.15) is 5.82 Å². The molecule has 3 aromatic rings. The van der Waals surface area contributed by atoms with E-state index in [0.29, 0.717) is 18.9 Å². The van der Waals surface area contributed by atoms with Crippen molar-refractivity contribution in [3.05, 3.63) is 83.4 Å². The molecule has 2 aromatic carbocycles. The Morgan fingerprint density at radius 3 is 2.23 bits per heavy atom. The highest BCUT2D eigenvalue weighted by atomic mass is 19.4. The van der Waals surface area contributed by atoms with E-state index in [4.69, 9.17) is 19.8 Å². The van der Waals surface area contributed by atoms with Crippen LogP contribution in [0.15, 0.2) is 60.8 Å². The minimum atomic E-state index is -4.63. The number of nitrogens with one attached hydrogen (secondary N) is 1. The van der Waals surface area contributed by atoms with E-state index >= 15 is 0 Å². The number of nitrogens with zero attached hydrogens (tertiary/aromatic N) is 1. The van der Waals surface area contributed by atoms with Crippen LogP contribution in [0.25, 0.3) is 11.1 Å². The summed E-state index contributed by atoms with van der Waals surface area (Å²) in [5.41, 5.74) is 2.93. The highest BCUT2D eigenvalue weighted by Crippen LogP contribution is 2.38. The van der Waals surface area contributed by atoms with Gasteiger partial charge in [-0.25, -0.2) is 4.39 Å². The molecule has 11 heteroatoms. The maximum atomic E-state index is 14.1. The van der Waals surface area contributed by atoms with Crippen LogP contribution in [0.4, 0.5) is 23.2 Å². The molecule has 2 unspecified atom stereocenters. The number of carbonyl (C=O) groups is 3. The normalized spacial score (nSPS) is 16.4. The maximum absolute atomic E-state index is 14.1. The Balaban J connectivity index is 0.000000815. The van der Waals surface area contributed by atoms with E-state index in [1.54, 1.807) is 6.20 Å². The van der Waals surface area contributed by atoms with Crippen LogP contribution in [0.3, 0.4) is 0 Å². The molecule has 1 heterocycles. The number of amides is 1. The molecule has 0 saturated heterocycles. The highest BCUT2D eigenvalue weighted by molar-refractivity contribution is 5.92. The molecule has 7 nitrogen and oxygen atoms in total. The summed E-state index contributed by atoms with van der Waals surface area (Å²) in [6.07, 6.45) is 0.199. The largest absolute Gasteiger partial charge is 0.483 e. The second-order valence-corrected chi connectivity index (χ2v) is 8.71. The van der Waals surface area contributed by atoms with Gasteiger partial charge in [0.2, 0.25) is 5.91 Å². The van der Waals surface area contributed by atoms with E-state index in [-0.39, 0.29) is 36.4 Å². The zero-order valence-corrected chi connectivity index (χ0v) is 21.0. The first kappa shape index (κ1) is 30.9. The number of benzene rings is 2. The molecule has 1 aliphatic rings. The third kappa shape index (κ3) is 8.91. The van der Waals surface area contributed by atoms with Crippen molar-refractivity contribution in [3.63, 3.8) is 0 Å². The summed E-state index contributed by atoms with van der Waals surface area (Å²) in [6, 6.07) is 14.3. The molecule has 208 valence electrons. The van der Waals surface area contributed by atoms with Crippen molar-refractivity contribution in [1.82, 2.24) is 4.98 Å². The molecule has 4 rings (SSSR count). The van der Waals surface area contributed by atoms with Crippen LogP contribution in [0, 0.1) is 18.7 Å². The van der Waals surface area contributed by atoms with Gasteiger partial charge in [0.05, 0.1) is 11.3 Å². The van der Waals surface area contributed by atoms with Crippen LogP contribution in [0.1, 0.15) is 48.4 Å². The molecule has 1 aromatic heterocycles. The van der Waals surface area contributed by atoms with Crippen LogP contribution < -0.4 is 5.32 Å². The van der Waals surface area contributed by atoms with Crippen LogP contribution in [-0.2, 0) is 20.6 Å². The summed E-state index contributed by atoms with van der Waals surface area (Å²) in [5, 5.41) is 16.3. The van der Waals surface area contributed by atoms with Crippen molar-refractivity contribution in [2.45, 2.75) is 44.7 Å². The number of anilines is 1. The number of rotatable bonds is 4. The number of carbonyl (C=O) groups excluding carboxylic acids is 1. The van der Waals surface area contributed by atoms with Gasteiger partial charge < -0.3 is 15.5 Å². The van der Waals surface area contributed by atoms with Crippen molar-refractivity contribution in [2.75, 3.05) is 5.32 Å². The summed E-state index contributed by atoms with van der Waals surface area (Å²) in [7, 11) is 0. The number of hydrogen-bond donors (Lipinski definition) is 3. The number of hydrogen-bond acceptors (Lipinski definition) is 4. The summed E-state index contributed by atoms with van der Waals surface area (Å²) < 4.78 is 52.4. The van der Waals surface area contributed by atoms with Gasteiger partial charge in [0, 0.05) is 23.4 Å². The molecular formula is C28H28F4N2O5. The van der Waals surface area contributed by atoms with Gasteiger partial charge in [-0.1, -0.05) is 36.8 Å². The Morgan fingerprint density at radius 1 is 1.03 bits per heavy atom. The topological polar surface area (TPSA) is 117 Å². The zero-order valence-electron chi connectivity index (χ0n) is 21.0. The Bertz CT molecular complexity index is 1240. The molecule has 1 aliphatic carbocycles. The van der Waals surface area contributed by atoms with Gasteiger partial charge >= 0.3 is 6.18 Å². The highest BCUT2D eigenvalue weighted by Gasteiger charge is 2.32. The molecule has 1 saturated carbocycles. The predicted molar refractivity (Wildman–Crippen MR) is 137 cm³/mol. The first-order valence-corrected chi connectivity index (χ1v) is 11.9. The van der Waals surface area contributed by atoms with E-state index in [9.17, 15) is 22.4 Å². The molecule has 0 bridgehead atoms. The number of alkyl halides is 3. The fourth-order valence-electron chi connectivity index (χ4n) is 4.48. The van der Waals surface area contributed by atoms with Crippen LogP contribution >= 0.6 is 0 Å². The fourth-order valence-corrected chi connectivity index (χ4v) is 4.48. The monoisotopic (exact) mass is 548 g/mol. The number of aromatic nitrogens is 1. The van der Waals surface area contributed by atoms with Crippen molar-refractivity contribution in [1.29, 1.82) is 0 Å². The first-order valence-electron chi connectivity index (χ1n) is 11.9. The SMILES string of the molecule is Cc1ncccc1-c1ccc(C2CCCC(C(=O)Nc3ccc(C(F)(F)F)cc3F)C2)cc1.O=CO.O=CO. The van der Waals surface area contributed by atoms with Gasteiger partial charge in [-0.05, 0) is 67.5 Å². The van der Waals surface area contributed by atoms with E-state index in [0.717, 1.165) is 47.4 Å². The first-order chi connectivity index (χ1) is 18.5. The molecule has 0 aliphatic heterocycles. The lowest BCUT2D eigenvalue weighted by molar-refractivity contribution is -0.137. The lowest BCUT2D eigenvalue weighted by Crippen LogP contribution is -2.28. The van der Waals surface area contributed by atoms with Crippen molar-refractivity contribution >= 4 is 24.5 Å². The number of pyridine rings is 1. The van der Waals surface area contributed by atoms with Gasteiger partial charge in [0.15, 0.2) is 0 Å². The summed E-state index contributed by atoms with van der Waals surface area (Å²) in [5.74, 6) is -1.59. The Morgan fingerprint density at radius 2 is 1.67 bits per heavy atom. The Kier molecular flexibility index (Phi) is 11.6. The fraction of sp³-hybridized carbons (Fsp3) is 0.286. The minimum absolute atomic E-state index is 0.191. The van der Waals surface area contributed by atoms with Gasteiger partial charge in [0.25, 0.3) is 12.9 Å². The maximum Gasteiger partial charge on any atom is 0.416 e. The molecule has 39 heavy (non-hydrogen) atoms. The van der Waals surface area contributed by atoms with E-state index in [1.165, 1.54) is 0 Å². The molecule has 0 radical (unpaired) electrons. The third-order valence-corrected chi connectivity index (χ3v) is 6.30. The van der Waals surface area contributed by atoms with E-state index in [2.05, 4.69) is 34.6 Å². The number of halogens is 4. The number of carboxylic acid groups (broad SMARTS) is 2. The molecule has 0 spiro atoms. The van der Waals surface area contributed by atoms with E-state index in [1.807, 2.05) is 19.1 Å². The predicted octanol–water partition coefficient (Wildman–Crippen LogP) is 6.53. The molecule has 2 atom stereocenters. The average Bonchev–Trinajstić information content (AvgIpc) is 2.91. The second-order valence-electron chi connectivity index (χ2n) is 8.71. The minimum Gasteiger partial charge on any atom is -0.483 e. The van der Waals surface area contributed by atoms with Crippen molar-refractivity contribution in [2.24, 2.45) is 5.92 Å². The van der Waals surface area contributed by atoms with Crippen LogP contribution in [0.5, 0.6) is 0 Å². The Labute approximate surface area is 222 Å². The number of aryl methyl sites for hydroxylation is 1. The van der Waals surface area contributed by atoms with Gasteiger partial charge in [-0.15, -0.1) is 0 Å². The average molecular weight is 549 g/mol. The molecule has 1 fully saturated rings. The zero-order chi connectivity index (χ0) is 29.0. The summed E-state index contributed by atoms with van der Waals surface area (Å²) in [6.45, 7) is 1.47.